The Morgan fingerprint density at radius 3 is 3.05 bits per heavy atom. The van der Waals surface area contributed by atoms with E-state index < -0.39 is 5.69 Å². The smallest absolute Gasteiger partial charge is 0.328 e. The number of nitrogens with zero attached hydrogens (tertiary/aromatic N) is 2. The van der Waals surface area contributed by atoms with E-state index in [2.05, 4.69) is 15.5 Å². The molecule has 0 saturated heterocycles. The number of aromatic amines is 1. The highest BCUT2D eigenvalue weighted by molar-refractivity contribution is 7.17. The van der Waals surface area contributed by atoms with E-state index in [-0.39, 0.29) is 24.6 Å². The molecule has 0 aliphatic heterocycles. The van der Waals surface area contributed by atoms with Crippen LogP contribution < -0.4 is 16.6 Å². The topological polar surface area (TPSA) is 110 Å². The van der Waals surface area contributed by atoms with Crippen LogP contribution in [0.15, 0.2) is 31.8 Å². The van der Waals surface area contributed by atoms with Crippen LogP contribution in [-0.4, -0.2) is 27.2 Å². The summed E-state index contributed by atoms with van der Waals surface area (Å²) in [6.45, 7) is 1.85. The number of H-pyrrole nitrogens is 1. The Morgan fingerprint density at radius 2 is 2.32 bits per heavy atom. The van der Waals surface area contributed by atoms with E-state index in [4.69, 9.17) is 4.52 Å². The van der Waals surface area contributed by atoms with Crippen LogP contribution in [0.5, 0.6) is 0 Å². The van der Waals surface area contributed by atoms with E-state index in [1.807, 2.05) is 0 Å². The summed E-state index contributed by atoms with van der Waals surface area (Å²) in [6.07, 6.45) is 1.32. The van der Waals surface area contributed by atoms with E-state index in [1.54, 1.807) is 18.4 Å². The van der Waals surface area contributed by atoms with E-state index in [0.717, 1.165) is 4.57 Å². The Hall–Kier alpha value is -2.68. The summed E-state index contributed by atoms with van der Waals surface area (Å²) in [7, 11) is 0. The van der Waals surface area contributed by atoms with Crippen LogP contribution in [0.3, 0.4) is 0 Å². The molecule has 9 heteroatoms. The van der Waals surface area contributed by atoms with Gasteiger partial charge in [-0.3, -0.25) is 14.2 Å². The summed E-state index contributed by atoms with van der Waals surface area (Å²) in [5.41, 5.74) is 0.00538. The van der Waals surface area contributed by atoms with Gasteiger partial charge in [0, 0.05) is 13.1 Å². The molecule has 0 atom stereocenters. The third-order valence-electron chi connectivity index (χ3n) is 3.21. The minimum Gasteiger partial charge on any atom is -0.361 e. The molecular weight excluding hydrogens is 308 g/mol. The maximum Gasteiger partial charge on any atom is 0.328 e. The van der Waals surface area contributed by atoms with Gasteiger partial charge in [0.2, 0.25) is 0 Å². The van der Waals surface area contributed by atoms with Gasteiger partial charge in [-0.2, -0.15) is 0 Å². The summed E-state index contributed by atoms with van der Waals surface area (Å²) in [5.74, 6) is 0.0490. The average Bonchev–Trinajstić information content (AvgIpc) is 3.10. The fourth-order valence-electron chi connectivity index (χ4n) is 2.07. The summed E-state index contributed by atoms with van der Waals surface area (Å²) in [6, 6.07) is 1.68. The average molecular weight is 320 g/mol. The van der Waals surface area contributed by atoms with E-state index in [1.165, 1.54) is 17.5 Å². The van der Waals surface area contributed by atoms with Gasteiger partial charge < -0.3 is 14.8 Å². The minimum atomic E-state index is -0.494. The van der Waals surface area contributed by atoms with Crippen LogP contribution in [0.25, 0.3) is 10.2 Å². The lowest BCUT2D eigenvalue weighted by Gasteiger charge is -2.06. The van der Waals surface area contributed by atoms with Gasteiger partial charge in [0.15, 0.2) is 0 Å². The molecule has 0 aliphatic rings. The van der Waals surface area contributed by atoms with Crippen LogP contribution in [0.2, 0.25) is 0 Å². The van der Waals surface area contributed by atoms with Crippen LogP contribution >= 0.6 is 11.3 Å². The van der Waals surface area contributed by atoms with Crippen molar-refractivity contribution in [2.24, 2.45) is 0 Å². The second-order valence-electron chi connectivity index (χ2n) is 4.60. The molecule has 0 bridgehead atoms. The maximum atomic E-state index is 12.2. The number of aryl methyl sites for hydroxylation is 1. The van der Waals surface area contributed by atoms with Crippen molar-refractivity contribution >= 4 is 27.5 Å². The van der Waals surface area contributed by atoms with Crippen molar-refractivity contribution in [1.29, 1.82) is 0 Å². The number of hydrogen-bond acceptors (Lipinski definition) is 6. The summed E-state index contributed by atoms with van der Waals surface area (Å²) >= 11 is 1.27. The fraction of sp³-hybridized carbons (Fsp3) is 0.231. The van der Waals surface area contributed by atoms with Gasteiger partial charge in [-0.05, 0) is 18.4 Å². The van der Waals surface area contributed by atoms with E-state index in [0.29, 0.717) is 21.5 Å². The molecule has 3 heterocycles. The third-order valence-corrected chi connectivity index (χ3v) is 4.11. The second-order valence-corrected chi connectivity index (χ2v) is 5.52. The molecule has 0 spiro atoms. The number of amides is 1. The number of thiophene rings is 1. The van der Waals surface area contributed by atoms with Crippen molar-refractivity contribution in [2.75, 3.05) is 6.54 Å². The number of aromatic nitrogens is 3. The molecule has 0 fully saturated rings. The predicted octanol–water partition coefficient (Wildman–Crippen LogP) is 0.478. The van der Waals surface area contributed by atoms with Gasteiger partial charge in [-0.1, -0.05) is 5.16 Å². The Morgan fingerprint density at radius 1 is 1.50 bits per heavy atom. The summed E-state index contributed by atoms with van der Waals surface area (Å²) < 4.78 is 6.36. The molecule has 2 N–H and O–H groups in total. The van der Waals surface area contributed by atoms with Gasteiger partial charge in [0.05, 0.1) is 11.7 Å². The lowest BCUT2D eigenvalue weighted by Crippen LogP contribution is -2.38. The second kappa shape index (κ2) is 5.60. The minimum absolute atomic E-state index is 0.0814. The van der Waals surface area contributed by atoms with Crippen molar-refractivity contribution in [3.8, 4) is 0 Å². The van der Waals surface area contributed by atoms with Gasteiger partial charge in [0.25, 0.3) is 11.5 Å². The van der Waals surface area contributed by atoms with Gasteiger partial charge in [-0.15, -0.1) is 11.3 Å². The number of carbonyl (C=O) groups is 1. The Balaban J connectivity index is 1.75. The predicted molar refractivity (Wildman–Crippen MR) is 80.3 cm³/mol. The Bertz CT molecular complexity index is 949. The molecule has 3 rings (SSSR count). The first-order valence-electron chi connectivity index (χ1n) is 6.47. The molecule has 0 saturated carbocycles. The van der Waals surface area contributed by atoms with Crippen molar-refractivity contribution in [2.45, 2.75) is 13.5 Å². The zero-order valence-corrected chi connectivity index (χ0v) is 12.4. The largest absolute Gasteiger partial charge is 0.361 e. The molecule has 3 aromatic heterocycles. The SMILES string of the molecule is Cc1oncc1C(=O)NCCn1c(=O)[nH]c2ccsc2c1=O. The van der Waals surface area contributed by atoms with Crippen molar-refractivity contribution < 1.29 is 9.32 Å². The summed E-state index contributed by atoms with van der Waals surface area (Å²) in [4.78, 5) is 38.6. The van der Waals surface area contributed by atoms with Gasteiger partial charge in [-0.25, -0.2) is 4.79 Å². The summed E-state index contributed by atoms with van der Waals surface area (Å²) in [5, 5.41) is 7.88. The standard InChI is InChI=1S/C13H12N4O4S/c1-7-8(6-15-21-7)11(18)14-3-4-17-12(19)10-9(2-5-22-10)16-13(17)20/h2,5-6H,3-4H2,1H3,(H,14,18)(H,16,20). The van der Waals surface area contributed by atoms with E-state index >= 15 is 0 Å². The molecule has 114 valence electrons. The van der Waals surface area contributed by atoms with Crippen LogP contribution in [0.4, 0.5) is 0 Å². The Kier molecular flexibility index (Phi) is 3.63. The first-order valence-corrected chi connectivity index (χ1v) is 7.35. The lowest BCUT2D eigenvalue weighted by molar-refractivity contribution is 0.0950. The maximum absolute atomic E-state index is 12.2. The highest BCUT2D eigenvalue weighted by Crippen LogP contribution is 2.11. The molecule has 0 unspecified atom stereocenters. The molecule has 3 aromatic rings. The molecule has 0 aliphatic carbocycles. The first kappa shape index (κ1) is 14.3. The zero-order chi connectivity index (χ0) is 15.7. The monoisotopic (exact) mass is 320 g/mol. The van der Waals surface area contributed by atoms with Crippen molar-refractivity contribution in [1.82, 2.24) is 20.0 Å². The van der Waals surface area contributed by atoms with Crippen LogP contribution in [0.1, 0.15) is 16.1 Å². The van der Waals surface area contributed by atoms with Crippen LogP contribution in [-0.2, 0) is 6.54 Å². The van der Waals surface area contributed by atoms with E-state index in [9.17, 15) is 14.4 Å². The third kappa shape index (κ3) is 2.46. The normalized spacial score (nSPS) is 11.0. The number of nitrogens with one attached hydrogen (secondary N) is 2. The lowest BCUT2D eigenvalue weighted by atomic mass is 10.2. The van der Waals surface area contributed by atoms with Crippen molar-refractivity contribution in [3.05, 3.63) is 49.8 Å². The molecule has 22 heavy (non-hydrogen) atoms. The zero-order valence-electron chi connectivity index (χ0n) is 11.6. The number of hydrogen-bond donors (Lipinski definition) is 2. The van der Waals surface area contributed by atoms with Gasteiger partial charge in [0.1, 0.15) is 16.0 Å². The molecule has 0 aromatic carbocycles. The Labute approximate surface area is 127 Å². The van der Waals surface area contributed by atoms with Crippen LogP contribution in [0, 0.1) is 6.92 Å². The number of rotatable bonds is 4. The number of fused-ring (bicyclic) bond motifs is 1. The number of carbonyl (C=O) groups excluding carboxylic acids is 1. The fourth-order valence-corrected chi connectivity index (χ4v) is 2.86. The highest BCUT2D eigenvalue weighted by Gasteiger charge is 2.13. The quantitative estimate of drug-likeness (QED) is 0.726. The van der Waals surface area contributed by atoms with Gasteiger partial charge >= 0.3 is 5.69 Å². The molecule has 1 amide bonds. The molecule has 0 radical (unpaired) electrons. The van der Waals surface area contributed by atoms with Crippen molar-refractivity contribution in [3.63, 3.8) is 0 Å². The molecular formula is C13H12N4O4S. The molecule has 8 nitrogen and oxygen atoms in total. The first-order chi connectivity index (χ1) is 10.6. The highest BCUT2D eigenvalue weighted by atomic mass is 32.1.